The first-order valence-electron chi connectivity index (χ1n) is 12.8. The second-order valence-electron chi connectivity index (χ2n) is 11.9. The van der Waals surface area contributed by atoms with Crippen LogP contribution in [0.25, 0.3) is 0 Å². The number of rotatable bonds is 7. The highest BCUT2D eigenvalue weighted by molar-refractivity contribution is 7.93. The van der Waals surface area contributed by atoms with Crippen molar-refractivity contribution in [3.63, 3.8) is 0 Å². The van der Waals surface area contributed by atoms with Crippen molar-refractivity contribution < 1.29 is 28.3 Å². The van der Waals surface area contributed by atoms with Crippen molar-refractivity contribution in [1.82, 2.24) is 5.32 Å². The zero-order chi connectivity index (χ0) is 24.0. The minimum atomic E-state index is -3.05. The Morgan fingerprint density at radius 2 is 1.82 bits per heavy atom. The van der Waals surface area contributed by atoms with Gasteiger partial charge in [-0.2, -0.15) is 0 Å². The minimum absolute atomic E-state index is 0.0227. The predicted octanol–water partition coefficient (Wildman–Crippen LogP) is 4.71. The first-order chi connectivity index (χ1) is 15.5. The molecule has 0 aromatic rings. The van der Waals surface area contributed by atoms with Crippen LogP contribution in [0.1, 0.15) is 78.1 Å². The summed E-state index contributed by atoms with van der Waals surface area (Å²) in [4.78, 5) is 12.0. The van der Waals surface area contributed by atoms with E-state index >= 15 is 0 Å². The molecule has 0 heterocycles. The first-order valence-corrected chi connectivity index (χ1v) is 13.7. The summed E-state index contributed by atoms with van der Waals surface area (Å²) in [7, 11) is 0. The van der Waals surface area contributed by atoms with E-state index in [2.05, 4.69) is 12.2 Å². The van der Waals surface area contributed by atoms with E-state index in [0.717, 1.165) is 50.6 Å². The molecular formula is C25H41F2NO4S. The summed E-state index contributed by atoms with van der Waals surface area (Å²) >= 11 is 0.726. The largest absolute Gasteiger partial charge is 0.393 e. The minimum Gasteiger partial charge on any atom is -0.393 e. The standard InChI is InChI=1S/C25H41F2NO4S/c1-23-9-8-18-22(19(29)12-16-13-20(30)25(26,27)14-24(16,18)2)17(23)7-6-15(23)4-3-5-21(31)28-10-11-33-32/h15-20,22,29-30,32H,3-14H2,1-2H3,(H,28,31). The van der Waals surface area contributed by atoms with Gasteiger partial charge in [-0.05, 0) is 104 Å². The molecule has 9 atom stereocenters. The molecule has 1 amide bonds. The Bertz CT molecular complexity index is 727. The van der Waals surface area contributed by atoms with E-state index in [-0.39, 0.29) is 41.9 Å². The van der Waals surface area contributed by atoms with Crippen LogP contribution in [0.5, 0.6) is 0 Å². The van der Waals surface area contributed by atoms with Crippen LogP contribution >= 0.6 is 12.0 Å². The summed E-state index contributed by atoms with van der Waals surface area (Å²) in [6, 6.07) is 0. The summed E-state index contributed by atoms with van der Waals surface area (Å²) < 4.78 is 38.0. The van der Waals surface area contributed by atoms with Gasteiger partial charge in [0.1, 0.15) is 6.10 Å². The molecule has 4 aliphatic rings. The Kier molecular flexibility index (Phi) is 7.42. The molecular weight excluding hydrogens is 448 g/mol. The molecule has 0 saturated heterocycles. The Hall–Kier alpha value is -0.440. The molecule has 9 unspecified atom stereocenters. The lowest BCUT2D eigenvalue weighted by atomic mass is 9.43. The Morgan fingerprint density at radius 3 is 2.55 bits per heavy atom. The molecule has 0 aliphatic heterocycles. The number of halogens is 2. The fraction of sp³-hybridized carbons (Fsp3) is 0.960. The normalized spacial score (nSPS) is 46.2. The number of amides is 1. The average Bonchev–Trinajstić information content (AvgIpc) is 3.07. The first kappa shape index (κ1) is 25.6. The van der Waals surface area contributed by atoms with Crippen LogP contribution in [0.2, 0.25) is 0 Å². The number of carbonyl (C=O) groups excluding carboxylic acids is 1. The molecule has 0 aromatic heterocycles. The maximum Gasteiger partial charge on any atom is 0.274 e. The molecule has 190 valence electrons. The zero-order valence-electron chi connectivity index (χ0n) is 19.9. The highest BCUT2D eigenvalue weighted by Gasteiger charge is 2.65. The van der Waals surface area contributed by atoms with Crippen molar-refractivity contribution in [3.8, 4) is 0 Å². The van der Waals surface area contributed by atoms with Crippen LogP contribution in [0.4, 0.5) is 8.78 Å². The molecule has 4 rings (SSSR count). The van der Waals surface area contributed by atoms with Crippen molar-refractivity contribution in [2.75, 3.05) is 12.3 Å². The van der Waals surface area contributed by atoms with Crippen molar-refractivity contribution >= 4 is 17.9 Å². The number of alkyl halides is 2. The summed E-state index contributed by atoms with van der Waals surface area (Å²) in [5.74, 6) is -1.61. The Morgan fingerprint density at radius 1 is 1.09 bits per heavy atom. The van der Waals surface area contributed by atoms with Gasteiger partial charge >= 0.3 is 0 Å². The number of aliphatic hydroxyl groups is 2. The Balaban J connectivity index is 1.42. The van der Waals surface area contributed by atoms with Crippen molar-refractivity contribution in [1.29, 1.82) is 0 Å². The number of nitrogens with one attached hydrogen (secondary N) is 1. The average molecular weight is 490 g/mol. The van der Waals surface area contributed by atoms with Gasteiger partial charge in [-0.1, -0.05) is 13.8 Å². The third-order valence-electron chi connectivity index (χ3n) is 10.4. The molecule has 0 radical (unpaired) electrons. The number of hydrogen-bond acceptors (Lipinski definition) is 5. The maximum atomic E-state index is 14.6. The quantitative estimate of drug-likeness (QED) is 0.307. The van der Waals surface area contributed by atoms with Gasteiger partial charge in [-0.3, -0.25) is 4.79 Å². The van der Waals surface area contributed by atoms with Crippen LogP contribution in [-0.4, -0.2) is 51.1 Å². The third kappa shape index (κ3) is 4.58. The smallest absolute Gasteiger partial charge is 0.274 e. The molecule has 0 spiro atoms. The summed E-state index contributed by atoms with van der Waals surface area (Å²) in [5.41, 5.74) is -0.441. The molecule has 4 N–H and O–H groups in total. The number of fused-ring (bicyclic) bond motifs is 5. The van der Waals surface area contributed by atoms with Gasteiger partial charge in [0.25, 0.3) is 5.92 Å². The van der Waals surface area contributed by atoms with Crippen molar-refractivity contribution in [3.05, 3.63) is 0 Å². The van der Waals surface area contributed by atoms with Crippen LogP contribution in [0, 0.1) is 40.4 Å². The summed E-state index contributed by atoms with van der Waals surface area (Å²) in [6.07, 6.45) is 4.52. The fourth-order valence-corrected chi connectivity index (χ4v) is 8.84. The van der Waals surface area contributed by atoms with Crippen molar-refractivity contribution in [2.24, 2.45) is 40.4 Å². The second-order valence-corrected chi connectivity index (χ2v) is 12.5. The molecule has 0 aromatic carbocycles. The SMILES string of the molecule is CC12CCC3C(C(O)CC4CC(O)C(F)(F)CC43C)C1CCC2CCCC(=O)NCCSO. The van der Waals surface area contributed by atoms with Crippen LogP contribution < -0.4 is 5.32 Å². The topological polar surface area (TPSA) is 89.8 Å². The van der Waals surface area contributed by atoms with Crippen LogP contribution in [-0.2, 0) is 4.79 Å². The zero-order valence-corrected chi connectivity index (χ0v) is 20.8. The molecule has 33 heavy (non-hydrogen) atoms. The molecule has 0 bridgehead atoms. The molecule has 4 fully saturated rings. The number of aliphatic hydroxyl groups excluding tert-OH is 2. The maximum absolute atomic E-state index is 14.6. The predicted molar refractivity (Wildman–Crippen MR) is 125 cm³/mol. The highest BCUT2D eigenvalue weighted by Crippen LogP contribution is 2.68. The monoisotopic (exact) mass is 489 g/mol. The van der Waals surface area contributed by atoms with Gasteiger partial charge in [0.15, 0.2) is 0 Å². The molecule has 5 nitrogen and oxygen atoms in total. The lowest BCUT2D eigenvalue weighted by Gasteiger charge is -2.63. The lowest BCUT2D eigenvalue weighted by molar-refractivity contribution is -0.235. The van der Waals surface area contributed by atoms with E-state index in [4.69, 9.17) is 4.55 Å². The van der Waals surface area contributed by atoms with E-state index in [1.807, 2.05) is 6.92 Å². The van der Waals surface area contributed by atoms with Gasteiger partial charge in [0, 0.05) is 25.1 Å². The van der Waals surface area contributed by atoms with Crippen LogP contribution in [0.15, 0.2) is 0 Å². The number of carbonyl (C=O) groups is 1. The fourth-order valence-electron chi connectivity index (χ4n) is 8.65. The summed E-state index contributed by atoms with van der Waals surface area (Å²) in [5, 5.41) is 24.1. The van der Waals surface area contributed by atoms with Gasteiger partial charge in [0.05, 0.1) is 6.10 Å². The van der Waals surface area contributed by atoms with Crippen LogP contribution in [0.3, 0.4) is 0 Å². The second kappa shape index (κ2) is 9.55. The molecule has 4 aliphatic carbocycles. The third-order valence-corrected chi connectivity index (χ3v) is 10.7. The van der Waals surface area contributed by atoms with E-state index < -0.39 is 23.5 Å². The van der Waals surface area contributed by atoms with Crippen molar-refractivity contribution in [2.45, 2.75) is 96.2 Å². The van der Waals surface area contributed by atoms with E-state index in [1.165, 1.54) is 0 Å². The Labute approximate surface area is 200 Å². The summed E-state index contributed by atoms with van der Waals surface area (Å²) in [6.45, 7) is 4.81. The van der Waals surface area contributed by atoms with E-state index in [0.29, 0.717) is 37.0 Å². The van der Waals surface area contributed by atoms with E-state index in [9.17, 15) is 23.8 Å². The van der Waals surface area contributed by atoms with Gasteiger partial charge in [-0.15, -0.1) is 0 Å². The van der Waals surface area contributed by atoms with Gasteiger partial charge in [0.2, 0.25) is 5.91 Å². The highest BCUT2D eigenvalue weighted by atomic mass is 32.2. The molecule has 4 saturated carbocycles. The van der Waals surface area contributed by atoms with E-state index in [1.54, 1.807) is 0 Å². The number of hydrogen-bond donors (Lipinski definition) is 4. The lowest BCUT2D eigenvalue weighted by Crippen LogP contribution is -2.61. The van der Waals surface area contributed by atoms with Gasteiger partial charge < -0.3 is 20.1 Å². The molecule has 8 heteroatoms. The van der Waals surface area contributed by atoms with Gasteiger partial charge in [-0.25, -0.2) is 8.78 Å².